The molecule has 2 aliphatic carbocycles. The lowest BCUT2D eigenvalue weighted by Crippen LogP contribution is -2.61. The van der Waals surface area contributed by atoms with E-state index in [1.165, 1.54) is 26.8 Å². The van der Waals surface area contributed by atoms with Gasteiger partial charge < -0.3 is 23.7 Å². The van der Waals surface area contributed by atoms with Gasteiger partial charge in [0.05, 0.1) is 0 Å². The summed E-state index contributed by atoms with van der Waals surface area (Å²) < 4.78 is 29.2. The summed E-state index contributed by atoms with van der Waals surface area (Å²) in [5.41, 5.74) is -3.28. The number of esters is 4. The molecular weight excluding hydrogens is 472 g/mol. The Hall–Kier alpha value is -3.01. The second-order valence-corrected chi connectivity index (χ2v) is 10.6. The molecule has 196 valence electrons. The second kappa shape index (κ2) is 8.54. The molecule has 0 aromatic rings. The predicted molar refractivity (Wildman–Crippen MR) is 122 cm³/mol. The molecule has 36 heavy (non-hydrogen) atoms. The number of hydrogen-bond donors (Lipinski definition) is 0. The standard InChI is InChI=1S/C26H32O10/c1-12-10-18(32-14(3)27)21(33-15(4)28)24(6)9-8-17(30)13(2)20(24)22(34-16(5)29)26-19(11-12)35-23(31)25(26,7)36-26/h8-9,11,13,18-22H,10H2,1-7H3/b12-11-/t13-,18-,19-,20+,21+,22+,24-,25-,26-/m0/s1. The molecule has 1 spiro atoms. The zero-order valence-corrected chi connectivity index (χ0v) is 21.5. The van der Waals surface area contributed by atoms with Gasteiger partial charge in [-0.2, -0.15) is 0 Å². The Morgan fingerprint density at radius 3 is 2.11 bits per heavy atom. The van der Waals surface area contributed by atoms with Crippen LogP contribution in [0.25, 0.3) is 0 Å². The third kappa shape index (κ3) is 3.77. The summed E-state index contributed by atoms with van der Waals surface area (Å²) >= 11 is 0. The molecule has 0 amide bonds. The van der Waals surface area contributed by atoms with E-state index in [-0.39, 0.29) is 12.2 Å². The maximum Gasteiger partial charge on any atom is 0.342 e. The first-order valence-electron chi connectivity index (χ1n) is 12.0. The highest BCUT2D eigenvalue weighted by molar-refractivity contribution is 5.93. The lowest BCUT2D eigenvalue weighted by Gasteiger charge is -2.51. The van der Waals surface area contributed by atoms with Crippen molar-refractivity contribution < 1.29 is 47.7 Å². The van der Waals surface area contributed by atoms with Crippen LogP contribution in [-0.2, 0) is 47.7 Å². The molecule has 0 aromatic carbocycles. The third-order valence-corrected chi connectivity index (χ3v) is 8.00. The summed E-state index contributed by atoms with van der Waals surface area (Å²) in [4.78, 5) is 62.7. The van der Waals surface area contributed by atoms with Crippen molar-refractivity contribution in [1.82, 2.24) is 0 Å². The average Bonchev–Trinajstić information content (AvgIpc) is 3.34. The van der Waals surface area contributed by atoms with Crippen molar-refractivity contribution in [2.75, 3.05) is 0 Å². The van der Waals surface area contributed by atoms with E-state index in [1.807, 2.05) is 0 Å². The minimum atomic E-state index is -1.40. The molecule has 0 aromatic heterocycles. The number of carbonyl (C=O) groups excluding carboxylic acids is 5. The van der Waals surface area contributed by atoms with Crippen molar-refractivity contribution in [3.63, 3.8) is 0 Å². The first kappa shape index (κ1) is 26.1. The fourth-order valence-corrected chi connectivity index (χ4v) is 6.38. The Balaban J connectivity index is 2.01. The molecule has 2 heterocycles. The quantitative estimate of drug-likeness (QED) is 0.243. The minimum absolute atomic E-state index is 0.162. The van der Waals surface area contributed by atoms with Crippen LogP contribution in [0, 0.1) is 17.3 Å². The van der Waals surface area contributed by atoms with E-state index in [4.69, 9.17) is 23.7 Å². The second-order valence-electron chi connectivity index (χ2n) is 10.6. The molecule has 10 nitrogen and oxygen atoms in total. The summed E-state index contributed by atoms with van der Waals surface area (Å²) in [5, 5.41) is 0. The molecule has 4 rings (SSSR count). The van der Waals surface area contributed by atoms with Gasteiger partial charge in [-0.3, -0.25) is 19.2 Å². The molecule has 2 fully saturated rings. The molecule has 0 N–H and O–H groups in total. The molecule has 2 saturated heterocycles. The van der Waals surface area contributed by atoms with Crippen LogP contribution in [0.15, 0.2) is 23.8 Å². The van der Waals surface area contributed by atoms with Gasteiger partial charge in [0.1, 0.15) is 18.3 Å². The summed E-state index contributed by atoms with van der Waals surface area (Å²) in [5.74, 6) is -4.22. The van der Waals surface area contributed by atoms with E-state index in [9.17, 15) is 24.0 Å². The van der Waals surface area contributed by atoms with Gasteiger partial charge in [0.25, 0.3) is 0 Å². The normalized spacial score (nSPS) is 44.6. The van der Waals surface area contributed by atoms with E-state index < -0.39 is 76.7 Å². The minimum Gasteiger partial charge on any atom is -0.459 e. The Labute approximate surface area is 209 Å². The summed E-state index contributed by atoms with van der Waals surface area (Å²) in [7, 11) is 0. The van der Waals surface area contributed by atoms with E-state index in [1.54, 1.807) is 39.8 Å². The van der Waals surface area contributed by atoms with Crippen LogP contribution in [0.2, 0.25) is 0 Å². The van der Waals surface area contributed by atoms with Gasteiger partial charge in [0.15, 0.2) is 23.1 Å². The van der Waals surface area contributed by atoms with Gasteiger partial charge in [-0.05, 0) is 26.0 Å². The smallest absolute Gasteiger partial charge is 0.342 e. The molecule has 0 unspecified atom stereocenters. The van der Waals surface area contributed by atoms with Crippen LogP contribution in [0.1, 0.15) is 54.9 Å². The highest BCUT2D eigenvalue weighted by Gasteiger charge is 2.87. The highest BCUT2D eigenvalue weighted by Crippen LogP contribution is 2.64. The largest absolute Gasteiger partial charge is 0.459 e. The number of ether oxygens (including phenoxy) is 5. The topological polar surface area (TPSA) is 135 Å². The van der Waals surface area contributed by atoms with Gasteiger partial charge in [-0.15, -0.1) is 0 Å². The van der Waals surface area contributed by atoms with Crippen molar-refractivity contribution in [1.29, 1.82) is 0 Å². The maximum absolute atomic E-state index is 13.0. The van der Waals surface area contributed by atoms with Gasteiger partial charge >= 0.3 is 23.9 Å². The molecule has 0 bridgehead atoms. The summed E-state index contributed by atoms with van der Waals surface area (Å²) in [6.07, 6.45) is 0.828. The number of carbonyl (C=O) groups is 5. The summed E-state index contributed by atoms with van der Waals surface area (Å²) in [6, 6.07) is 0. The first-order valence-corrected chi connectivity index (χ1v) is 12.0. The van der Waals surface area contributed by atoms with E-state index in [0.29, 0.717) is 5.57 Å². The Bertz CT molecular complexity index is 1090. The Kier molecular flexibility index (Phi) is 6.18. The molecular formula is C26H32O10. The van der Waals surface area contributed by atoms with Crippen LogP contribution >= 0.6 is 0 Å². The van der Waals surface area contributed by atoms with Crippen LogP contribution in [0.3, 0.4) is 0 Å². The van der Waals surface area contributed by atoms with Crippen molar-refractivity contribution in [3.05, 3.63) is 23.8 Å². The van der Waals surface area contributed by atoms with Crippen molar-refractivity contribution in [2.24, 2.45) is 17.3 Å². The average molecular weight is 505 g/mol. The van der Waals surface area contributed by atoms with Crippen LogP contribution in [0.5, 0.6) is 0 Å². The molecule has 9 atom stereocenters. The number of epoxide rings is 1. The predicted octanol–water partition coefficient (Wildman–Crippen LogP) is 1.98. The van der Waals surface area contributed by atoms with Gasteiger partial charge in [-0.25, -0.2) is 4.79 Å². The van der Waals surface area contributed by atoms with Gasteiger partial charge in [-0.1, -0.05) is 25.5 Å². The van der Waals surface area contributed by atoms with Crippen LogP contribution in [0.4, 0.5) is 0 Å². The monoisotopic (exact) mass is 504 g/mol. The fraction of sp³-hybridized carbons (Fsp3) is 0.654. The van der Waals surface area contributed by atoms with E-state index in [2.05, 4.69) is 0 Å². The first-order chi connectivity index (χ1) is 16.7. The molecule has 2 aliphatic heterocycles. The van der Waals surface area contributed by atoms with Crippen molar-refractivity contribution in [2.45, 2.75) is 90.5 Å². The number of hydrogen-bond acceptors (Lipinski definition) is 10. The van der Waals surface area contributed by atoms with E-state index >= 15 is 0 Å². The zero-order chi connectivity index (χ0) is 26.8. The molecule has 4 aliphatic rings. The van der Waals surface area contributed by atoms with Crippen molar-refractivity contribution in [3.8, 4) is 0 Å². The third-order valence-electron chi connectivity index (χ3n) is 8.00. The Morgan fingerprint density at radius 1 is 0.972 bits per heavy atom. The van der Waals surface area contributed by atoms with Gasteiger partial charge in [0, 0.05) is 44.4 Å². The lowest BCUT2D eigenvalue weighted by molar-refractivity contribution is -0.193. The van der Waals surface area contributed by atoms with Crippen LogP contribution < -0.4 is 0 Å². The van der Waals surface area contributed by atoms with Gasteiger partial charge in [0.2, 0.25) is 0 Å². The molecule has 0 radical (unpaired) electrons. The van der Waals surface area contributed by atoms with Crippen LogP contribution in [-0.4, -0.2) is 65.3 Å². The van der Waals surface area contributed by atoms with E-state index in [0.717, 1.165) is 0 Å². The van der Waals surface area contributed by atoms with Crippen molar-refractivity contribution >= 4 is 29.7 Å². The Morgan fingerprint density at radius 2 is 1.56 bits per heavy atom. The molecule has 10 heteroatoms. The molecule has 0 saturated carbocycles. The zero-order valence-electron chi connectivity index (χ0n) is 21.5. The number of fused-ring (bicyclic) bond motifs is 1. The number of allylic oxidation sites excluding steroid dienone is 1. The SMILES string of the molecule is CC(=O)O[C@H]1C/C(C)=C\[C@@H]2OC(=O)[C@]3(C)O[C@]23[C@H](OC(C)=O)[C@H]2[C@@H](C)C(=O)C=C[C@]2(C)[C@@H]1OC(C)=O. The summed E-state index contributed by atoms with van der Waals surface area (Å²) in [6.45, 7) is 10.5. The lowest BCUT2D eigenvalue weighted by atomic mass is 9.57. The number of ketones is 1. The maximum atomic E-state index is 13.0. The fourth-order valence-electron chi connectivity index (χ4n) is 6.38. The number of rotatable bonds is 3. The highest BCUT2D eigenvalue weighted by atomic mass is 16.7.